The largest absolute Gasteiger partial charge is 0.489 e. The van der Waals surface area contributed by atoms with Crippen LogP contribution in [0.5, 0.6) is 17.2 Å². The highest BCUT2D eigenvalue weighted by Crippen LogP contribution is 2.42. The zero-order valence-corrected chi connectivity index (χ0v) is 95.5. The van der Waals surface area contributed by atoms with Crippen molar-refractivity contribution >= 4 is 239 Å². The van der Waals surface area contributed by atoms with Gasteiger partial charge in [0, 0.05) is 71.3 Å². The van der Waals surface area contributed by atoms with Crippen molar-refractivity contribution in [3.05, 3.63) is 65.5 Å². The van der Waals surface area contributed by atoms with E-state index in [0.29, 0.717) is 178 Å². The summed E-state index contributed by atoms with van der Waals surface area (Å²) < 4.78 is 137. The SMILES string of the molecule is COCCOCCOCCOCCOCCOCCOCCOc1c(I)c(C(=O)NC(CO)CO)c(I)c(C(=O)N2CCN(C(=O)c3c(I)c(OCCOCCOCCOCCOCCOCCOCCOC)c(I)c(C(=O)NC(CO)CO)c3I)CCN(C(=O)c3c(I)c(OCCOCCOCCOCCOCCOCCOCCOC)c(I)c(C(=O)NC(CO)CO)c3I)CC2)c1I. The van der Waals surface area contributed by atoms with E-state index in [0.717, 1.165) is 0 Å². The highest BCUT2D eigenvalue weighted by atomic mass is 127. The number of nitrogens with zero attached hydrogens (tertiary/aromatic N) is 3. The van der Waals surface area contributed by atoms with Crippen LogP contribution in [0.3, 0.4) is 0 Å². The van der Waals surface area contributed by atoms with E-state index in [9.17, 15) is 45.0 Å². The number of amides is 6. The van der Waals surface area contributed by atoms with Gasteiger partial charge < -0.3 is 175 Å². The number of benzene rings is 3. The number of aliphatic hydroxyl groups excluding tert-OH is 6. The lowest BCUT2D eigenvalue weighted by Crippen LogP contribution is -2.43. The van der Waals surface area contributed by atoms with Crippen LogP contribution in [0.1, 0.15) is 62.1 Å². The van der Waals surface area contributed by atoms with Crippen LogP contribution in [-0.2, 0) is 99.5 Å². The number of aliphatic hydroxyl groups is 6. The first kappa shape index (κ1) is 127. The van der Waals surface area contributed by atoms with Gasteiger partial charge in [-0.1, -0.05) is 0 Å². The van der Waals surface area contributed by atoms with Crippen molar-refractivity contribution in [2.75, 3.05) is 378 Å². The van der Waals surface area contributed by atoms with E-state index in [2.05, 4.69) is 16.0 Å². The fourth-order valence-electron chi connectivity index (χ4n) is 11.5. The van der Waals surface area contributed by atoms with Gasteiger partial charge in [0.1, 0.15) is 37.1 Å². The van der Waals surface area contributed by atoms with Crippen molar-refractivity contribution in [3.63, 3.8) is 0 Å². The lowest BCUT2D eigenvalue weighted by molar-refractivity contribution is -0.0199. The Morgan fingerprint density at radius 2 is 0.356 bits per heavy atom. The third kappa shape index (κ3) is 49.6. The molecule has 1 aliphatic heterocycles. The lowest BCUT2D eigenvalue weighted by atomic mass is 10.1. The molecule has 0 unspecified atom stereocenters. The van der Waals surface area contributed by atoms with Gasteiger partial charge in [-0.05, 0) is 203 Å². The average molecular weight is 2940 g/mol. The van der Waals surface area contributed by atoms with Gasteiger partial charge in [0.25, 0.3) is 35.4 Å². The van der Waals surface area contributed by atoms with Crippen LogP contribution in [0.2, 0.25) is 0 Å². The van der Waals surface area contributed by atoms with Gasteiger partial charge in [-0.2, -0.15) is 0 Å². The second kappa shape index (κ2) is 80.5. The molecule has 0 bridgehead atoms. The topological polar surface area (TPSA) is 491 Å². The minimum absolute atomic E-state index is 0.0232. The highest BCUT2D eigenvalue weighted by Gasteiger charge is 2.38. The number of rotatable bonds is 81. The molecule has 42 nitrogen and oxygen atoms in total. The smallest absolute Gasteiger partial charge is 0.256 e. The molecule has 6 amide bonds. The third-order valence-electron chi connectivity index (χ3n) is 18.6. The third-order valence-corrected chi connectivity index (χ3v) is 28.0. The van der Waals surface area contributed by atoms with Gasteiger partial charge in [0.05, 0.1) is 370 Å². The molecule has 1 aliphatic rings. The summed E-state index contributed by atoms with van der Waals surface area (Å²) in [7, 11) is 4.83. The van der Waals surface area contributed by atoms with Crippen LogP contribution < -0.4 is 30.2 Å². The molecular formula is C84H129I9N6O36. The fraction of sp³-hybridized carbons (Fsp3) is 0.714. The maximum Gasteiger partial charge on any atom is 0.256 e. The minimum Gasteiger partial charge on any atom is -0.489 e. The van der Waals surface area contributed by atoms with Crippen molar-refractivity contribution in [2.45, 2.75) is 18.1 Å². The second-order valence-corrected chi connectivity index (χ2v) is 37.8. The summed E-state index contributed by atoms with van der Waals surface area (Å²) in [5.41, 5.74) is -0.210. The number of hydrogen-bond acceptors (Lipinski definition) is 36. The predicted molar refractivity (Wildman–Crippen MR) is 565 cm³/mol. The Bertz CT molecular complexity index is 3420. The molecule has 0 aliphatic carbocycles. The summed E-state index contributed by atoms with van der Waals surface area (Å²) in [5.74, 6) is -4.06. The van der Waals surface area contributed by atoms with E-state index in [-0.39, 0.29) is 221 Å². The van der Waals surface area contributed by atoms with Crippen molar-refractivity contribution in [1.29, 1.82) is 0 Å². The zero-order valence-electron chi connectivity index (χ0n) is 76.1. The maximum atomic E-state index is 16.2. The Morgan fingerprint density at radius 1 is 0.222 bits per heavy atom. The number of carbonyl (C=O) groups is 6. The number of methoxy groups -OCH3 is 3. The molecule has 4 rings (SSSR count). The van der Waals surface area contributed by atoms with E-state index in [1.165, 1.54) is 14.7 Å². The zero-order chi connectivity index (χ0) is 98.6. The summed E-state index contributed by atoms with van der Waals surface area (Å²) >= 11 is 17.4. The first-order chi connectivity index (χ1) is 65.6. The molecule has 0 radical (unpaired) electrons. The van der Waals surface area contributed by atoms with Crippen LogP contribution >= 0.6 is 203 Å². The van der Waals surface area contributed by atoms with Gasteiger partial charge in [0.2, 0.25) is 0 Å². The highest BCUT2D eigenvalue weighted by molar-refractivity contribution is 14.1. The molecule has 0 atom stereocenters. The molecule has 51 heteroatoms. The molecule has 135 heavy (non-hydrogen) atoms. The van der Waals surface area contributed by atoms with Crippen molar-refractivity contribution in [3.8, 4) is 17.2 Å². The Hall–Kier alpha value is -0.630. The summed E-state index contributed by atoms with van der Waals surface area (Å²) in [4.78, 5) is 96.7. The maximum absolute atomic E-state index is 16.2. The van der Waals surface area contributed by atoms with Gasteiger partial charge in [-0.15, -0.1) is 0 Å². The molecule has 1 heterocycles. The van der Waals surface area contributed by atoms with E-state index in [1.807, 2.05) is 203 Å². The Balaban J connectivity index is 1.71. The number of nitrogens with one attached hydrogen (secondary N) is 3. The Labute approximate surface area is 910 Å². The first-order valence-electron chi connectivity index (χ1n) is 43.4. The van der Waals surface area contributed by atoms with E-state index in [1.54, 1.807) is 21.3 Å². The minimum atomic E-state index is -1.12. The van der Waals surface area contributed by atoms with Gasteiger partial charge >= 0.3 is 0 Å². The number of carbonyl (C=O) groups excluding carboxylic acids is 6. The van der Waals surface area contributed by atoms with Crippen LogP contribution in [-0.4, -0.2) is 477 Å². The van der Waals surface area contributed by atoms with Crippen LogP contribution in [0.4, 0.5) is 0 Å². The Morgan fingerprint density at radius 3 is 0.496 bits per heavy atom. The number of hydrogen-bond donors (Lipinski definition) is 9. The normalized spacial score (nSPS) is 12.6. The van der Waals surface area contributed by atoms with Crippen LogP contribution in [0.15, 0.2) is 0 Å². The van der Waals surface area contributed by atoms with E-state index in [4.69, 9.17) is 114 Å². The molecular weight excluding hydrogens is 2810 g/mol. The quantitative estimate of drug-likeness (QED) is 0.0288. The van der Waals surface area contributed by atoms with Gasteiger partial charge in [0.15, 0.2) is 0 Å². The van der Waals surface area contributed by atoms with Crippen LogP contribution in [0, 0.1) is 32.1 Å². The standard InChI is InChI=1S/C84H129I9N6O36/c1-112-10-13-115-16-19-118-22-25-121-28-31-124-34-37-127-40-43-130-46-49-133-76-70(88)61(79(106)94-58(52-100)53-101)67(85)64(73(76)91)82(109)97-4-6-98(83(110)65-68(86)62(80(107)95-59(54-102)55-103)71(89)77(74(65)92)134-50-47-131-44-41-128-38-35-125-32-29-122-26-23-119-20-17-116-14-11-113-2)8-9-99(7-5-97)84(111)66-69(87)63(81(108)96-60(56-104)57-105)72(90)78(75(66)93)135-51-48-132-45-42-129-39-36-126-33-30-123-27-24-120-21-18-117-15-12-114-3/h58-60,100-105H,4-57H2,1-3H3,(H,94,106)(H,95,107)(H,96,108). The molecule has 0 spiro atoms. The molecule has 0 saturated carbocycles. The molecule has 3 aromatic carbocycles. The first-order valence-corrected chi connectivity index (χ1v) is 53.1. The summed E-state index contributed by atoms with van der Waals surface area (Å²) in [6.45, 7) is 7.76. The van der Waals surface area contributed by atoms with Gasteiger partial charge in [-0.3, -0.25) is 28.8 Å². The second-order valence-electron chi connectivity index (χ2n) is 28.1. The van der Waals surface area contributed by atoms with Crippen molar-refractivity contribution < 1.29 is 173 Å². The predicted octanol–water partition coefficient (Wildman–Crippen LogP) is 3.49. The Kier molecular flexibility index (Phi) is 75.5. The molecule has 774 valence electrons. The van der Waals surface area contributed by atoms with E-state index >= 15 is 14.4 Å². The number of ether oxygens (including phenoxy) is 24. The molecule has 0 aromatic heterocycles. The molecule has 9 N–H and O–H groups in total. The summed E-state index contributed by atoms with van der Waals surface area (Å²) in [6.07, 6.45) is 0. The lowest BCUT2D eigenvalue weighted by Gasteiger charge is -2.29. The van der Waals surface area contributed by atoms with E-state index < -0.39 is 93.2 Å². The fourth-order valence-corrected chi connectivity index (χ4v) is 24.8. The molecule has 3 aromatic rings. The van der Waals surface area contributed by atoms with Crippen molar-refractivity contribution in [2.24, 2.45) is 0 Å². The monoisotopic (exact) mass is 2940 g/mol. The number of halogens is 9. The molecule has 1 saturated heterocycles. The molecule has 1 fully saturated rings. The van der Waals surface area contributed by atoms with Crippen molar-refractivity contribution in [1.82, 2.24) is 30.7 Å². The summed E-state index contributed by atoms with van der Waals surface area (Å²) in [6, 6.07) is -3.36. The van der Waals surface area contributed by atoms with Gasteiger partial charge in [-0.25, -0.2) is 0 Å². The summed E-state index contributed by atoms with van der Waals surface area (Å²) in [5, 5.41) is 69.3. The average Bonchev–Trinajstić information content (AvgIpc) is 1.37. The van der Waals surface area contributed by atoms with Crippen LogP contribution in [0.25, 0.3) is 0 Å².